The zero-order valence-corrected chi connectivity index (χ0v) is 8.98. The summed E-state index contributed by atoms with van der Waals surface area (Å²) in [5.41, 5.74) is 7.05. The number of anilines is 2. The molecule has 0 amide bonds. The molecule has 15 heavy (non-hydrogen) atoms. The van der Waals surface area contributed by atoms with Gasteiger partial charge in [0.05, 0.1) is 5.69 Å². The fourth-order valence-electron chi connectivity index (χ4n) is 1.79. The van der Waals surface area contributed by atoms with Crippen molar-refractivity contribution in [2.75, 3.05) is 43.9 Å². The Morgan fingerprint density at radius 3 is 2.47 bits per heavy atom. The molecule has 0 unspecified atom stereocenters. The minimum Gasteiger partial charge on any atom is -0.506 e. The summed E-state index contributed by atoms with van der Waals surface area (Å²) in [7, 11) is 2.12. The molecule has 0 saturated carbocycles. The van der Waals surface area contributed by atoms with Gasteiger partial charge in [-0.2, -0.15) is 0 Å². The van der Waals surface area contributed by atoms with Crippen molar-refractivity contribution in [3.8, 4) is 5.75 Å². The first-order valence-corrected chi connectivity index (χ1v) is 5.19. The molecule has 4 heteroatoms. The van der Waals surface area contributed by atoms with Crippen molar-refractivity contribution in [3.63, 3.8) is 0 Å². The lowest BCUT2D eigenvalue weighted by Gasteiger charge is -2.34. The van der Waals surface area contributed by atoms with E-state index in [0.717, 1.165) is 31.9 Å². The fraction of sp³-hybridized carbons (Fsp3) is 0.455. The number of nitrogens with zero attached hydrogens (tertiary/aromatic N) is 2. The van der Waals surface area contributed by atoms with E-state index in [-0.39, 0.29) is 5.75 Å². The van der Waals surface area contributed by atoms with Gasteiger partial charge in [-0.15, -0.1) is 0 Å². The molecule has 1 heterocycles. The molecule has 1 saturated heterocycles. The predicted molar refractivity (Wildman–Crippen MR) is 62.2 cm³/mol. The van der Waals surface area contributed by atoms with Gasteiger partial charge in [0.1, 0.15) is 5.75 Å². The van der Waals surface area contributed by atoms with Crippen LogP contribution in [0.5, 0.6) is 5.75 Å². The highest BCUT2D eigenvalue weighted by molar-refractivity contribution is 5.61. The molecule has 0 aliphatic carbocycles. The molecule has 3 N–H and O–H groups in total. The second kappa shape index (κ2) is 3.98. The van der Waals surface area contributed by atoms with Gasteiger partial charge in [-0.1, -0.05) is 0 Å². The normalized spacial score (nSPS) is 18.1. The van der Waals surface area contributed by atoms with Crippen molar-refractivity contribution in [2.45, 2.75) is 0 Å². The van der Waals surface area contributed by atoms with Crippen molar-refractivity contribution < 1.29 is 5.11 Å². The van der Waals surface area contributed by atoms with Crippen molar-refractivity contribution in [2.24, 2.45) is 0 Å². The summed E-state index contributed by atoms with van der Waals surface area (Å²) < 4.78 is 0. The largest absolute Gasteiger partial charge is 0.506 e. The van der Waals surface area contributed by atoms with E-state index >= 15 is 0 Å². The molecule has 1 aromatic carbocycles. The van der Waals surface area contributed by atoms with Crippen LogP contribution in [0.1, 0.15) is 0 Å². The van der Waals surface area contributed by atoms with E-state index in [0.29, 0.717) is 5.69 Å². The zero-order chi connectivity index (χ0) is 10.8. The number of nitrogens with two attached hydrogens (primary N) is 1. The van der Waals surface area contributed by atoms with Gasteiger partial charge in [0.15, 0.2) is 0 Å². The highest BCUT2D eigenvalue weighted by Gasteiger charge is 2.14. The molecule has 1 aliphatic heterocycles. The van der Waals surface area contributed by atoms with Crippen LogP contribution in [0.25, 0.3) is 0 Å². The van der Waals surface area contributed by atoms with Crippen LogP contribution in [-0.4, -0.2) is 43.2 Å². The zero-order valence-electron chi connectivity index (χ0n) is 8.98. The number of nitrogen functional groups attached to an aromatic ring is 1. The average Bonchev–Trinajstić information content (AvgIpc) is 2.23. The third-order valence-electron chi connectivity index (χ3n) is 2.88. The fourth-order valence-corrected chi connectivity index (χ4v) is 1.79. The van der Waals surface area contributed by atoms with Gasteiger partial charge < -0.3 is 20.6 Å². The number of piperazine rings is 1. The van der Waals surface area contributed by atoms with Crippen LogP contribution < -0.4 is 10.6 Å². The summed E-state index contributed by atoms with van der Waals surface area (Å²) in [5.74, 6) is 0.173. The number of hydrogen-bond donors (Lipinski definition) is 2. The number of benzene rings is 1. The predicted octanol–water partition coefficient (Wildman–Crippen LogP) is 0.726. The third-order valence-corrected chi connectivity index (χ3v) is 2.88. The standard InChI is InChI=1S/C11H17N3O/c1-13-4-6-14(7-5-13)9-2-3-10(12)11(15)8-9/h2-3,8,15H,4-7,12H2,1H3. The van der Waals surface area contributed by atoms with Gasteiger partial charge in [-0.25, -0.2) is 0 Å². The van der Waals surface area contributed by atoms with Crippen molar-refractivity contribution >= 4 is 11.4 Å². The Morgan fingerprint density at radius 2 is 1.87 bits per heavy atom. The van der Waals surface area contributed by atoms with Gasteiger partial charge in [-0.05, 0) is 19.2 Å². The summed E-state index contributed by atoms with van der Waals surface area (Å²) in [5, 5.41) is 9.52. The van der Waals surface area contributed by atoms with Gasteiger partial charge in [-0.3, -0.25) is 0 Å². The molecule has 1 aliphatic rings. The molecular weight excluding hydrogens is 190 g/mol. The van der Waals surface area contributed by atoms with Crippen molar-refractivity contribution in [3.05, 3.63) is 18.2 Å². The summed E-state index contributed by atoms with van der Waals surface area (Å²) in [6.45, 7) is 4.12. The van der Waals surface area contributed by atoms with Crippen LogP contribution in [0, 0.1) is 0 Å². The molecule has 0 aromatic heterocycles. The maximum atomic E-state index is 9.52. The van der Waals surface area contributed by atoms with Crippen LogP contribution >= 0.6 is 0 Å². The Balaban J connectivity index is 2.12. The Labute approximate surface area is 89.9 Å². The van der Waals surface area contributed by atoms with Crippen molar-refractivity contribution in [1.82, 2.24) is 4.90 Å². The van der Waals surface area contributed by atoms with Crippen LogP contribution in [-0.2, 0) is 0 Å². The maximum Gasteiger partial charge on any atom is 0.140 e. The van der Waals surface area contributed by atoms with E-state index in [2.05, 4.69) is 16.8 Å². The summed E-state index contributed by atoms with van der Waals surface area (Å²) in [4.78, 5) is 4.56. The second-order valence-electron chi connectivity index (χ2n) is 4.03. The van der Waals surface area contributed by atoms with E-state index in [4.69, 9.17) is 5.73 Å². The molecule has 1 aromatic rings. The van der Waals surface area contributed by atoms with Gasteiger partial charge in [0.2, 0.25) is 0 Å². The SMILES string of the molecule is CN1CCN(c2ccc(N)c(O)c2)CC1. The topological polar surface area (TPSA) is 52.7 Å². The lowest BCUT2D eigenvalue weighted by Crippen LogP contribution is -2.44. The lowest BCUT2D eigenvalue weighted by molar-refractivity contribution is 0.312. The van der Waals surface area contributed by atoms with E-state index in [9.17, 15) is 5.11 Å². The molecular formula is C11H17N3O. The Morgan fingerprint density at radius 1 is 1.20 bits per heavy atom. The number of aromatic hydroxyl groups is 1. The number of phenolic OH excluding ortho intramolecular Hbond substituents is 1. The van der Waals surface area contributed by atoms with Crippen LogP contribution in [0.15, 0.2) is 18.2 Å². The molecule has 82 valence electrons. The van der Waals surface area contributed by atoms with Crippen LogP contribution in [0.2, 0.25) is 0 Å². The van der Waals surface area contributed by atoms with Gasteiger partial charge in [0, 0.05) is 37.9 Å². The first-order chi connectivity index (χ1) is 7.16. The van der Waals surface area contributed by atoms with E-state index < -0.39 is 0 Å². The van der Waals surface area contributed by atoms with E-state index in [1.807, 2.05) is 6.07 Å². The minimum absolute atomic E-state index is 0.173. The van der Waals surface area contributed by atoms with Crippen LogP contribution in [0.3, 0.4) is 0 Å². The van der Waals surface area contributed by atoms with Crippen LogP contribution in [0.4, 0.5) is 11.4 Å². The Kier molecular flexibility index (Phi) is 2.68. The Bertz CT molecular complexity index is 346. The lowest BCUT2D eigenvalue weighted by atomic mass is 10.2. The van der Waals surface area contributed by atoms with E-state index in [1.54, 1.807) is 12.1 Å². The molecule has 0 bridgehead atoms. The number of hydrogen-bond acceptors (Lipinski definition) is 4. The molecule has 4 nitrogen and oxygen atoms in total. The first kappa shape index (κ1) is 10.1. The van der Waals surface area contributed by atoms with Crippen molar-refractivity contribution in [1.29, 1.82) is 0 Å². The van der Waals surface area contributed by atoms with Gasteiger partial charge in [0.25, 0.3) is 0 Å². The quantitative estimate of drug-likeness (QED) is 0.526. The highest BCUT2D eigenvalue weighted by atomic mass is 16.3. The number of rotatable bonds is 1. The number of likely N-dealkylation sites (N-methyl/N-ethyl adjacent to an activating group) is 1. The summed E-state index contributed by atoms with van der Waals surface area (Å²) in [6, 6.07) is 5.45. The number of phenols is 1. The summed E-state index contributed by atoms with van der Waals surface area (Å²) >= 11 is 0. The molecule has 1 fully saturated rings. The monoisotopic (exact) mass is 207 g/mol. The third kappa shape index (κ3) is 2.15. The minimum atomic E-state index is 0.173. The maximum absolute atomic E-state index is 9.52. The van der Waals surface area contributed by atoms with E-state index in [1.165, 1.54) is 0 Å². The Hall–Kier alpha value is -1.42. The van der Waals surface area contributed by atoms with Gasteiger partial charge >= 0.3 is 0 Å². The first-order valence-electron chi connectivity index (χ1n) is 5.19. The second-order valence-corrected chi connectivity index (χ2v) is 4.03. The molecule has 0 atom stereocenters. The average molecular weight is 207 g/mol. The molecule has 2 rings (SSSR count). The molecule has 0 radical (unpaired) electrons. The summed E-state index contributed by atoms with van der Waals surface area (Å²) in [6.07, 6.45) is 0. The smallest absolute Gasteiger partial charge is 0.140 e. The molecule has 0 spiro atoms. The highest BCUT2D eigenvalue weighted by Crippen LogP contribution is 2.26.